The fourth-order valence-corrected chi connectivity index (χ4v) is 2.33. The van der Waals surface area contributed by atoms with Crippen molar-refractivity contribution >= 4 is 5.97 Å². The van der Waals surface area contributed by atoms with Gasteiger partial charge in [0.1, 0.15) is 0 Å². The SMILES string of the molecule is CC=CCC=CCCCCCCCCCCC(C)C(=O)O. The number of aliphatic carboxylic acids is 1. The molecule has 0 rings (SSSR count). The lowest BCUT2D eigenvalue weighted by Gasteiger charge is -2.05. The summed E-state index contributed by atoms with van der Waals surface area (Å²) in [6.45, 7) is 3.86. The van der Waals surface area contributed by atoms with Crippen LogP contribution in [-0.2, 0) is 4.79 Å². The number of rotatable bonds is 14. The van der Waals surface area contributed by atoms with Crippen LogP contribution >= 0.6 is 0 Å². The Labute approximate surface area is 131 Å². The summed E-state index contributed by atoms with van der Waals surface area (Å²) >= 11 is 0. The zero-order chi connectivity index (χ0) is 15.8. The second-order valence-corrected chi connectivity index (χ2v) is 5.92. The number of hydrogen-bond acceptors (Lipinski definition) is 1. The number of hydrogen-bond donors (Lipinski definition) is 1. The molecule has 0 amide bonds. The maximum Gasteiger partial charge on any atom is 0.306 e. The Kier molecular flexibility index (Phi) is 14.6. The maximum absolute atomic E-state index is 10.7. The van der Waals surface area contributed by atoms with Gasteiger partial charge in [-0.15, -0.1) is 0 Å². The molecule has 1 atom stereocenters. The highest BCUT2D eigenvalue weighted by Gasteiger charge is 2.09. The van der Waals surface area contributed by atoms with Crippen molar-refractivity contribution in [3.8, 4) is 0 Å². The number of carboxylic acids is 1. The van der Waals surface area contributed by atoms with Crippen LogP contribution in [0.4, 0.5) is 0 Å². The highest BCUT2D eigenvalue weighted by Crippen LogP contribution is 2.13. The monoisotopic (exact) mass is 294 g/mol. The fraction of sp³-hybridized carbons (Fsp3) is 0.737. The summed E-state index contributed by atoms with van der Waals surface area (Å²) in [7, 11) is 0. The molecule has 21 heavy (non-hydrogen) atoms. The third-order valence-electron chi connectivity index (χ3n) is 3.85. The molecule has 0 aromatic rings. The quantitative estimate of drug-likeness (QED) is 0.309. The van der Waals surface area contributed by atoms with E-state index in [-0.39, 0.29) is 5.92 Å². The van der Waals surface area contributed by atoms with Crippen molar-refractivity contribution < 1.29 is 9.90 Å². The molecule has 0 saturated carbocycles. The molecule has 0 aliphatic carbocycles. The van der Waals surface area contributed by atoms with Crippen molar-refractivity contribution in [3.05, 3.63) is 24.3 Å². The van der Waals surface area contributed by atoms with Crippen molar-refractivity contribution in [3.63, 3.8) is 0 Å². The Hall–Kier alpha value is -1.05. The van der Waals surface area contributed by atoms with Gasteiger partial charge in [-0.1, -0.05) is 76.2 Å². The molecule has 0 aromatic carbocycles. The minimum atomic E-state index is -0.658. The molecule has 2 heteroatoms. The topological polar surface area (TPSA) is 37.3 Å². The smallest absolute Gasteiger partial charge is 0.306 e. The largest absolute Gasteiger partial charge is 0.481 e. The number of carbonyl (C=O) groups is 1. The Bertz CT molecular complexity index is 292. The van der Waals surface area contributed by atoms with Crippen LogP contribution in [0.25, 0.3) is 0 Å². The van der Waals surface area contributed by atoms with Crippen LogP contribution in [0.5, 0.6) is 0 Å². The minimum absolute atomic E-state index is 0.175. The Balaban J connectivity index is 3.16. The molecule has 0 heterocycles. The van der Waals surface area contributed by atoms with Gasteiger partial charge in [0.2, 0.25) is 0 Å². The van der Waals surface area contributed by atoms with E-state index in [4.69, 9.17) is 5.11 Å². The summed E-state index contributed by atoms with van der Waals surface area (Å²) in [5.74, 6) is -0.833. The Morgan fingerprint density at radius 3 is 2.05 bits per heavy atom. The Morgan fingerprint density at radius 1 is 0.905 bits per heavy atom. The van der Waals surface area contributed by atoms with Gasteiger partial charge in [-0.25, -0.2) is 0 Å². The average Bonchev–Trinajstić information content (AvgIpc) is 2.47. The van der Waals surface area contributed by atoms with Gasteiger partial charge < -0.3 is 5.11 Å². The minimum Gasteiger partial charge on any atom is -0.481 e. The van der Waals surface area contributed by atoms with Gasteiger partial charge in [0, 0.05) is 0 Å². The van der Waals surface area contributed by atoms with Crippen molar-refractivity contribution in [2.24, 2.45) is 5.92 Å². The molecule has 0 aliphatic rings. The van der Waals surface area contributed by atoms with Crippen LogP contribution in [-0.4, -0.2) is 11.1 Å². The van der Waals surface area contributed by atoms with E-state index in [1.54, 1.807) is 6.92 Å². The summed E-state index contributed by atoms with van der Waals surface area (Å²) in [6.07, 6.45) is 22.0. The molecule has 0 aliphatic heterocycles. The predicted molar refractivity (Wildman–Crippen MR) is 91.5 cm³/mol. The standard InChI is InChI=1S/C19H34O2/c1-3-4-5-6-7-8-9-10-11-12-13-14-15-16-17-18(2)19(20)21/h3-4,6-7,18H,5,8-17H2,1-2H3,(H,20,21). The zero-order valence-corrected chi connectivity index (χ0v) is 14.0. The normalized spacial score (nSPS) is 13.2. The lowest BCUT2D eigenvalue weighted by Crippen LogP contribution is -2.08. The Morgan fingerprint density at radius 2 is 1.48 bits per heavy atom. The summed E-state index contributed by atoms with van der Waals surface area (Å²) in [5, 5.41) is 8.78. The summed E-state index contributed by atoms with van der Waals surface area (Å²) in [4.78, 5) is 10.7. The molecule has 0 saturated heterocycles. The molecule has 1 unspecified atom stereocenters. The highest BCUT2D eigenvalue weighted by atomic mass is 16.4. The van der Waals surface area contributed by atoms with Crippen LogP contribution in [0, 0.1) is 5.92 Å². The van der Waals surface area contributed by atoms with Crippen molar-refractivity contribution in [2.45, 2.75) is 84.5 Å². The third kappa shape index (κ3) is 15.2. The van der Waals surface area contributed by atoms with E-state index >= 15 is 0 Å². The molecular weight excluding hydrogens is 260 g/mol. The van der Waals surface area contributed by atoms with E-state index in [0.29, 0.717) is 0 Å². The van der Waals surface area contributed by atoms with E-state index in [1.807, 2.05) is 0 Å². The van der Waals surface area contributed by atoms with E-state index in [2.05, 4.69) is 31.2 Å². The molecule has 0 fully saturated rings. The molecule has 122 valence electrons. The van der Waals surface area contributed by atoms with Crippen LogP contribution in [0.3, 0.4) is 0 Å². The number of carboxylic acid groups (broad SMARTS) is 1. The van der Waals surface area contributed by atoms with Crippen LogP contribution in [0.1, 0.15) is 84.5 Å². The van der Waals surface area contributed by atoms with E-state index in [0.717, 1.165) is 19.3 Å². The van der Waals surface area contributed by atoms with Crippen molar-refractivity contribution in [1.29, 1.82) is 0 Å². The lowest BCUT2D eigenvalue weighted by atomic mass is 10.0. The van der Waals surface area contributed by atoms with Crippen LogP contribution in [0.15, 0.2) is 24.3 Å². The van der Waals surface area contributed by atoms with Gasteiger partial charge in [-0.2, -0.15) is 0 Å². The first-order chi connectivity index (χ1) is 10.2. The van der Waals surface area contributed by atoms with E-state index < -0.39 is 5.97 Å². The molecule has 2 nitrogen and oxygen atoms in total. The molecular formula is C19H34O2. The third-order valence-corrected chi connectivity index (χ3v) is 3.85. The zero-order valence-electron chi connectivity index (χ0n) is 14.0. The second-order valence-electron chi connectivity index (χ2n) is 5.92. The van der Waals surface area contributed by atoms with Crippen LogP contribution < -0.4 is 0 Å². The van der Waals surface area contributed by atoms with Crippen molar-refractivity contribution in [2.75, 3.05) is 0 Å². The first kappa shape index (κ1) is 19.9. The number of allylic oxidation sites excluding steroid dienone is 4. The van der Waals surface area contributed by atoms with Gasteiger partial charge in [0.25, 0.3) is 0 Å². The van der Waals surface area contributed by atoms with Gasteiger partial charge >= 0.3 is 5.97 Å². The first-order valence-corrected chi connectivity index (χ1v) is 8.67. The molecule has 0 radical (unpaired) electrons. The second kappa shape index (κ2) is 15.3. The van der Waals surface area contributed by atoms with Crippen molar-refractivity contribution in [1.82, 2.24) is 0 Å². The van der Waals surface area contributed by atoms with Gasteiger partial charge in [0.15, 0.2) is 0 Å². The molecule has 1 N–H and O–H groups in total. The van der Waals surface area contributed by atoms with Gasteiger partial charge in [0.05, 0.1) is 5.92 Å². The molecule has 0 aromatic heterocycles. The number of unbranched alkanes of at least 4 members (excludes halogenated alkanes) is 8. The van der Waals surface area contributed by atoms with Gasteiger partial charge in [-0.05, 0) is 32.6 Å². The summed E-state index contributed by atoms with van der Waals surface area (Å²) < 4.78 is 0. The lowest BCUT2D eigenvalue weighted by molar-refractivity contribution is -0.141. The van der Waals surface area contributed by atoms with Crippen LogP contribution in [0.2, 0.25) is 0 Å². The van der Waals surface area contributed by atoms with Gasteiger partial charge in [-0.3, -0.25) is 4.79 Å². The van der Waals surface area contributed by atoms with E-state index in [9.17, 15) is 4.79 Å². The first-order valence-electron chi connectivity index (χ1n) is 8.67. The average molecular weight is 294 g/mol. The molecule has 0 bridgehead atoms. The fourth-order valence-electron chi connectivity index (χ4n) is 2.33. The predicted octanol–water partition coefficient (Wildman–Crippen LogP) is 6.13. The summed E-state index contributed by atoms with van der Waals surface area (Å²) in [5.41, 5.74) is 0. The maximum atomic E-state index is 10.7. The summed E-state index contributed by atoms with van der Waals surface area (Å²) in [6, 6.07) is 0. The highest BCUT2D eigenvalue weighted by molar-refractivity contribution is 5.69. The molecule has 0 spiro atoms. The van der Waals surface area contributed by atoms with E-state index in [1.165, 1.54) is 51.4 Å².